The molecular formula is C19H25N5O2. The Morgan fingerprint density at radius 3 is 2.77 bits per heavy atom. The number of furan rings is 1. The molecule has 2 aliphatic rings. The van der Waals surface area contributed by atoms with E-state index in [4.69, 9.17) is 4.42 Å². The number of piperidine rings is 1. The van der Waals surface area contributed by atoms with Gasteiger partial charge < -0.3 is 14.6 Å². The lowest BCUT2D eigenvalue weighted by Crippen LogP contribution is -2.48. The van der Waals surface area contributed by atoms with Crippen molar-refractivity contribution in [2.75, 3.05) is 31.1 Å². The summed E-state index contributed by atoms with van der Waals surface area (Å²) in [6.07, 6.45) is 7.94. The molecule has 2 saturated heterocycles. The van der Waals surface area contributed by atoms with E-state index in [1.54, 1.807) is 18.5 Å². The molecular weight excluding hydrogens is 330 g/mol. The molecule has 7 heteroatoms. The summed E-state index contributed by atoms with van der Waals surface area (Å²) in [7, 11) is 0. The molecule has 138 valence electrons. The number of hydrogen-bond acceptors (Lipinski definition) is 6. The van der Waals surface area contributed by atoms with Crippen LogP contribution in [-0.4, -0.2) is 53.0 Å². The van der Waals surface area contributed by atoms with E-state index in [1.807, 2.05) is 12.1 Å². The maximum Gasteiger partial charge on any atom is 0.287 e. The number of anilines is 1. The van der Waals surface area contributed by atoms with Gasteiger partial charge in [0.05, 0.1) is 6.54 Å². The van der Waals surface area contributed by atoms with Gasteiger partial charge in [0.1, 0.15) is 5.76 Å². The molecule has 0 radical (unpaired) electrons. The fraction of sp³-hybridized carbons (Fsp3) is 0.526. The van der Waals surface area contributed by atoms with E-state index in [-0.39, 0.29) is 11.9 Å². The first-order chi connectivity index (χ1) is 12.8. The summed E-state index contributed by atoms with van der Waals surface area (Å²) in [4.78, 5) is 25.6. The van der Waals surface area contributed by atoms with Crippen molar-refractivity contribution in [3.8, 4) is 0 Å². The van der Waals surface area contributed by atoms with E-state index in [1.165, 1.54) is 12.8 Å². The van der Waals surface area contributed by atoms with Crippen LogP contribution in [0.15, 0.2) is 35.0 Å². The number of carbonyl (C=O) groups is 1. The van der Waals surface area contributed by atoms with Crippen LogP contribution in [0.4, 0.5) is 5.95 Å². The van der Waals surface area contributed by atoms with Crippen LogP contribution in [0, 0.1) is 0 Å². The standard InChI is InChI=1S/C19H25N5O2/c25-18(17-7-6-16(26-17)14-23-10-1-2-11-23)22-15-5-3-12-24(13-15)19-20-8-4-9-21-19/h4,6-9,15H,1-3,5,10-14H2,(H,22,25)/t15-/m1/s1. The second-order valence-electron chi connectivity index (χ2n) is 7.06. The summed E-state index contributed by atoms with van der Waals surface area (Å²) in [6.45, 7) is 4.65. The fourth-order valence-electron chi connectivity index (χ4n) is 3.73. The Hall–Kier alpha value is -2.41. The summed E-state index contributed by atoms with van der Waals surface area (Å²) in [6, 6.07) is 5.58. The third kappa shape index (κ3) is 4.04. The molecule has 1 amide bonds. The highest BCUT2D eigenvalue weighted by Gasteiger charge is 2.24. The van der Waals surface area contributed by atoms with Crippen molar-refractivity contribution < 1.29 is 9.21 Å². The molecule has 0 spiro atoms. The minimum absolute atomic E-state index is 0.0761. The Balaban J connectivity index is 1.33. The lowest BCUT2D eigenvalue weighted by molar-refractivity contribution is 0.0901. The van der Waals surface area contributed by atoms with Crippen molar-refractivity contribution in [3.05, 3.63) is 42.1 Å². The monoisotopic (exact) mass is 355 g/mol. The van der Waals surface area contributed by atoms with Crippen molar-refractivity contribution in [2.24, 2.45) is 0 Å². The fourth-order valence-corrected chi connectivity index (χ4v) is 3.73. The number of aromatic nitrogens is 2. The summed E-state index contributed by atoms with van der Waals surface area (Å²) in [5, 5.41) is 3.10. The molecule has 2 fully saturated rings. The number of nitrogens with one attached hydrogen (secondary N) is 1. The van der Waals surface area contributed by atoms with E-state index < -0.39 is 0 Å². The van der Waals surface area contributed by atoms with Gasteiger partial charge in [0, 0.05) is 31.5 Å². The third-order valence-electron chi connectivity index (χ3n) is 5.06. The molecule has 0 saturated carbocycles. The van der Waals surface area contributed by atoms with E-state index >= 15 is 0 Å². The van der Waals surface area contributed by atoms with Gasteiger partial charge in [0.15, 0.2) is 5.76 Å². The van der Waals surface area contributed by atoms with Gasteiger partial charge in [-0.2, -0.15) is 0 Å². The molecule has 2 aliphatic heterocycles. The number of amides is 1. The minimum Gasteiger partial charge on any atom is -0.455 e. The molecule has 4 heterocycles. The average Bonchev–Trinajstić information content (AvgIpc) is 3.35. The molecule has 2 aromatic heterocycles. The number of nitrogens with zero attached hydrogens (tertiary/aromatic N) is 4. The van der Waals surface area contributed by atoms with Crippen molar-refractivity contribution in [3.63, 3.8) is 0 Å². The molecule has 0 aromatic carbocycles. The van der Waals surface area contributed by atoms with Crippen molar-refractivity contribution in [1.29, 1.82) is 0 Å². The zero-order valence-corrected chi connectivity index (χ0v) is 14.9. The second kappa shape index (κ2) is 7.86. The number of hydrogen-bond donors (Lipinski definition) is 1. The molecule has 2 aromatic rings. The van der Waals surface area contributed by atoms with Crippen molar-refractivity contribution in [1.82, 2.24) is 20.2 Å². The summed E-state index contributed by atoms with van der Waals surface area (Å²) >= 11 is 0. The van der Waals surface area contributed by atoms with E-state index in [9.17, 15) is 4.79 Å². The van der Waals surface area contributed by atoms with Crippen LogP contribution < -0.4 is 10.2 Å². The van der Waals surface area contributed by atoms with Crippen LogP contribution in [0.2, 0.25) is 0 Å². The maximum atomic E-state index is 12.5. The van der Waals surface area contributed by atoms with Gasteiger partial charge in [-0.05, 0) is 57.0 Å². The summed E-state index contributed by atoms with van der Waals surface area (Å²) < 4.78 is 5.77. The normalized spacial score (nSPS) is 21.1. The molecule has 4 rings (SSSR count). The molecule has 26 heavy (non-hydrogen) atoms. The first-order valence-electron chi connectivity index (χ1n) is 9.42. The smallest absolute Gasteiger partial charge is 0.287 e. The molecule has 1 atom stereocenters. The van der Waals surface area contributed by atoms with Gasteiger partial charge in [0.2, 0.25) is 5.95 Å². The van der Waals surface area contributed by atoms with Crippen LogP contribution in [-0.2, 0) is 6.54 Å². The van der Waals surface area contributed by atoms with Crippen LogP contribution in [0.25, 0.3) is 0 Å². The van der Waals surface area contributed by atoms with Gasteiger partial charge in [0.25, 0.3) is 5.91 Å². The summed E-state index contributed by atoms with van der Waals surface area (Å²) in [5.74, 6) is 1.84. The highest BCUT2D eigenvalue weighted by Crippen LogP contribution is 2.17. The molecule has 7 nitrogen and oxygen atoms in total. The third-order valence-corrected chi connectivity index (χ3v) is 5.06. The number of rotatable bonds is 5. The first-order valence-corrected chi connectivity index (χ1v) is 9.42. The van der Waals surface area contributed by atoms with Gasteiger partial charge in [-0.3, -0.25) is 9.69 Å². The quantitative estimate of drug-likeness (QED) is 0.885. The first kappa shape index (κ1) is 17.0. The Morgan fingerprint density at radius 1 is 1.15 bits per heavy atom. The van der Waals surface area contributed by atoms with Crippen molar-refractivity contribution in [2.45, 2.75) is 38.3 Å². The van der Waals surface area contributed by atoms with Crippen LogP contribution in [0.3, 0.4) is 0 Å². The number of carbonyl (C=O) groups excluding carboxylic acids is 1. The summed E-state index contributed by atoms with van der Waals surface area (Å²) in [5.41, 5.74) is 0. The van der Waals surface area contributed by atoms with E-state index in [2.05, 4.69) is 25.1 Å². The Kier molecular flexibility index (Phi) is 5.15. The molecule has 0 unspecified atom stereocenters. The van der Waals surface area contributed by atoms with Crippen LogP contribution in [0.1, 0.15) is 42.0 Å². The zero-order chi connectivity index (χ0) is 17.8. The highest BCUT2D eigenvalue weighted by atomic mass is 16.4. The van der Waals surface area contributed by atoms with Crippen LogP contribution >= 0.6 is 0 Å². The van der Waals surface area contributed by atoms with Crippen molar-refractivity contribution >= 4 is 11.9 Å². The minimum atomic E-state index is -0.140. The van der Waals surface area contributed by atoms with Gasteiger partial charge in [-0.15, -0.1) is 0 Å². The zero-order valence-electron chi connectivity index (χ0n) is 14.9. The second-order valence-corrected chi connectivity index (χ2v) is 7.06. The average molecular weight is 355 g/mol. The van der Waals surface area contributed by atoms with Gasteiger partial charge >= 0.3 is 0 Å². The van der Waals surface area contributed by atoms with E-state index in [0.717, 1.165) is 57.3 Å². The molecule has 0 aliphatic carbocycles. The lowest BCUT2D eigenvalue weighted by Gasteiger charge is -2.32. The van der Waals surface area contributed by atoms with Gasteiger partial charge in [-0.25, -0.2) is 9.97 Å². The van der Waals surface area contributed by atoms with Crippen LogP contribution in [0.5, 0.6) is 0 Å². The van der Waals surface area contributed by atoms with Gasteiger partial charge in [-0.1, -0.05) is 0 Å². The predicted octanol–water partition coefficient (Wildman–Crippen LogP) is 2.06. The Labute approximate surface area is 153 Å². The lowest BCUT2D eigenvalue weighted by atomic mass is 10.1. The topological polar surface area (TPSA) is 74.5 Å². The Bertz CT molecular complexity index is 727. The number of likely N-dealkylation sites (tertiary alicyclic amines) is 1. The predicted molar refractivity (Wildman–Crippen MR) is 98.0 cm³/mol. The SMILES string of the molecule is O=C(N[C@@H]1CCCN(c2ncccn2)C1)c1ccc(CN2CCCC2)o1. The van der Waals surface area contributed by atoms with E-state index in [0.29, 0.717) is 5.76 Å². The largest absolute Gasteiger partial charge is 0.455 e. The molecule has 1 N–H and O–H groups in total. The Morgan fingerprint density at radius 2 is 1.96 bits per heavy atom. The highest BCUT2D eigenvalue weighted by molar-refractivity contribution is 5.91. The molecule has 0 bridgehead atoms. The maximum absolute atomic E-state index is 12.5.